The lowest BCUT2D eigenvalue weighted by Crippen LogP contribution is -2.13. The van der Waals surface area contributed by atoms with Crippen LogP contribution in [-0.4, -0.2) is 4.98 Å². The van der Waals surface area contributed by atoms with Gasteiger partial charge < -0.3 is 5.73 Å². The van der Waals surface area contributed by atoms with Crippen LogP contribution in [0.2, 0.25) is 5.02 Å². The van der Waals surface area contributed by atoms with E-state index in [9.17, 15) is 0 Å². The normalized spacial score (nSPS) is 12.6. The fourth-order valence-electron chi connectivity index (χ4n) is 2.33. The average Bonchev–Trinajstić information content (AvgIpc) is 2.46. The van der Waals surface area contributed by atoms with Gasteiger partial charge in [-0.15, -0.1) is 0 Å². The highest BCUT2D eigenvalue weighted by molar-refractivity contribution is 9.10. The smallest absolute Gasteiger partial charge is 0.0573 e. The quantitative estimate of drug-likeness (QED) is 0.730. The van der Waals surface area contributed by atoms with Crippen LogP contribution < -0.4 is 5.73 Å². The number of hydrogen-bond acceptors (Lipinski definition) is 2. The molecule has 1 unspecified atom stereocenters. The zero-order valence-electron chi connectivity index (χ0n) is 10.6. The van der Waals surface area contributed by atoms with Crippen molar-refractivity contribution in [3.05, 3.63) is 75.5 Å². The molecule has 0 amide bonds. The van der Waals surface area contributed by atoms with Crippen LogP contribution in [-0.2, 0) is 0 Å². The minimum Gasteiger partial charge on any atom is -0.320 e. The number of pyridine rings is 1. The predicted molar refractivity (Wildman–Crippen MR) is 86.9 cm³/mol. The van der Waals surface area contributed by atoms with Gasteiger partial charge in [0.25, 0.3) is 0 Å². The van der Waals surface area contributed by atoms with Crippen molar-refractivity contribution in [1.82, 2.24) is 4.98 Å². The molecule has 2 aromatic carbocycles. The Morgan fingerprint density at radius 1 is 1.10 bits per heavy atom. The summed E-state index contributed by atoms with van der Waals surface area (Å²) in [6.07, 6.45) is 3.63. The molecule has 0 radical (unpaired) electrons. The Labute approximate surface area is 130 Å². The number of fused-ring (bicyclic) bond motifs is 1. The van der Waals surface area contributed by atoms with Crippen LogP contribution in [0.15, 0.2) is 59.3 Å². The number of nitrogens with two attached hydrogens (primary N) is 1. The van der Waals surface area contributed by atoms with Crippen molar-refractivity contribution in [2.75, 3.05) is 0 Å². The third-order valence-corrected chi connectivity index (χ3v) is 4.17. The van der Waals surface area contributed by atoms with Gasteiger partial charge in [-0.05, 0) is 34.7 Å². The van der Waals surface area contributed by atoms with Gasteiger partial charge in [-0.3, -0.25) is 4.98 Å². The molecule has 2 nitrogen and oxygen atoms in total. The summed E-state index contributed by atoms with van der Waals surface area (Å²) < 4.78 is 0.943. The molecule has 1 heterocycles. The van der Waals surface area contributed by atoms with Gasteiger partial charge in [0.05, 0.1) is 6.04 Å². The van der Waals surface area contributed by atoms with Crippen LogP contribution in [0.25, 0.3) is 10.8 Å². The lowest BCUT2D eigenvalue weighted by molar-refractivity contribution is 0.880. The zero-order valence-corrected chi connectivity index (χ0v) is 12.9. The maximum absolute atomic E-state index is 6.41. The molecule has 0 spiro atoms. The summed E-state index contributed by atoms with van der Waals surface area (Å²) in [4.78, 5) is 4.19. The van der Waals surface area contributed by atoms with Gasteiger partial charge in [0.1, 0.15) is 0 Å². The molecule has 4 heteroatoms. The highest BCUT2D eigenvalue weighted by Crippen LogP contribution is 2.32. The Bertz CT molecular complexity index is 768. The van der Waals surface area contributed by atoms with Crippen molar-refractivity contribution in [2.24, 2.45) is 5.73 Å². The first kappa shape index (κ1) is 13.6. The van der Waals surface area contributed by atoms with Crippen molar-refractivity contribution in [3.63, 3.8) is 0 Å². The SMILES string of the molecule is NC(c1ccc(Br)cc1Cl)c1cccc2ccncc12. The molecule has 3 aromatic rings. The summed E-state index contributed by atoms with van der Waals surface area (Å²) in [5.74, 6) is 0. The van der Waals surface area contributed by atoms with Gasteiger partial charge in [-0.2, -0.15) is 0 Å². The maximum atomic E-state index is 6.41. The van der Waals surface area contributed by atoms with Crippen LogP contribution in [0.3, 0.4) is 0 Å². The van der Waals surface area contributed by atoms with Gasteiger partial charge in [-0.25, -0.2) is 0 Å². The molecule has 0 saturated heterocycles. The minimum atomic E-state index is -0.275. The molecule has 0 fully saturated rings. The highest BCUT2D eigenvalue weighted by atomic mass is 79.9. The molecular formula is C16H12BrClN2. The zero-order chi connectivity index (χ0) is 14.1. The van der Waals surface area contributed by atoms with Crippen molar-refractivity contribution >= 4 is 38.3 Å². The Balaban J connectivity index is 2.15. The Kier molecular flexibility index (Phi) is 3.74. The van der Waals surface area contributed by atoms with E-state index in [1.165, 1.54) is 0 Å². The van der Waals surface area contributed by atoms with E-state index in [0.29, 0.717) is 5.02 Å². The number of benzene rings is 2. The van der Waals surface area contributed by atoms with Gasteiger partial charge in [0.15, 0.2) is 0 Å². The molecule has 20 heavy (non-hydrogen) atoms. The summed E-state index contributed by atoms with van der Waals surface area (Å²) >= 11 is 9.71. The molecule has 0 bridgehead atoms. The summed E-state index contributed by atoms with van der Waals surface area (Å²) in [6.45, 7) is 0. The van der Waals surface area contributed by atoms with Crippen LogP contribution >= 0.6 is 27.5 Å². The van der Waals surface area contributed by atoms with Crippen LogP contribution in [0, 0.1) is 0 Å². The van der Waals surface area contributed by atoms with Crippen LogP contribution in [0.5, 0.6) is 0 Å². The number of rotatable bonds is 2. The molecule has 3 rings (SSSR count). The predicted octanol–water partition coefficient (Wildman–Crippen LogP) is 4.70. The maximum Gasteiger partial charge on any atom is 0.0573 e. The highest BCUT2D eigenvalue weighted by Gasteiger charge is 2.15. The first-order chi connectivity index (χ1) is 9.66. The first-order valence-corrected chi connectivity index (χ1v) is 7.37. The third kappa shape index (κ3) is 2.44. The molecule has 1 atom stereocenters. The van der Waals surface area contributed by atoms with Gasteiger partial charge in [0.2, 0.25) is 0 Å². The second-order valence-electron chi connectivity index (χ2n) is 4.59. The van der Waals surface area contributed by atoms with E-state index < -0.39 is 0 Å². The largest absolute Gasteiger partial charge is 0.320 e. The number of aromatic nitrogens is 1. The molecular weight excluding hydrogens is 336 g/mol. The lowest BCUT2D eigenvalue weighted by atomic mass is 9.95. The number of hydrogen-bond donors (Lipinski definition) is 1. The van der Waals surface area contributed by atoms with E-state index in [1.807, 2.05) is 42.6 Å². The van der Waals surface area contributed by atoms with Crippen molar-refractivity contribution < 1.29 is 0 Å². The standard InChI is InChI=1S/C16H12BrClN2/c17-11-4-5-13(15(18)8-11)16(19)12-3-1-2-10-6-7-20-9-14(10)12/h1-9,16H,19H2. The fourth-order valence-corrected chi connectivity index (χ4v) is 3.12. The summed E-state index contributed by atoms with van der Waals surface area (Å²) in [6, 6.07) is 13.5. The number of nitrogens with zero attached hydrogens (tertiary/aromatic N) is 1. The monoisotopic (exact) mass is 346 g/mol. The molecule has 100 valence electrons. The molecule has 0 saturated carbocycles. The lowest BCUT2D eigenvalue weighted by Gasteiger charge is -2.16. The molecule has 0 aliphatic heterocycles. The Hall–Kier alpha value is -1.42. The summed E-state index contributed by atoms with van der Waals surface area (Å²) in [7, 11) is 0. The summed E-state index contributed by atoms with van der Waals surface area (Å²) in [5, 5.41) is 2.84. The van der Waals surface area contributed by atoms with Gasteiger partial charge in [-0.1, -0.05) is 51.8 Å². The third-order valence-electron chi connectivity index (χ3n) is 3.35. The van der Waals surface area contributed by atoms with Crippen LogP contribution in [0.1, 0.15) is 17.2 Å². The molecule has 2 N–H and O–H groups in total. The Morgan fingerprint density at radius 3 is 2.75 bits per heavy atom. The topological polar surface area (TPSA) is 38.9 Å². The van der Waals surface area contributed by atoms with E-state index in [2.05, 4.69) is 27.0 Å². The molecule has 0 aliphatic carbocycles. The minimum absolute atomic E-state index is 0.275. The first-order valence-electron chi connectivity index (χ1n) is 6.20. The molecule has 0 aliphatic rings. The van der Waals surface area contributed by atoms with Gasteiger partial charge >= 0.3 is 0 Å². The Morgan fingerprint density at radius 2 is 1.95 bits per heavy atom. The van der Waals surface area contributed by atoms with E-state index in [1.54, 1.807) is 6.20 Å². The van der Waals surface area contributed by atoms with Crippen molar-refractivity contribution in [2.45, 2.75) is 6.04 Å². The van der Waals surface area contributed by atoms with Crippen LogP contribution in [0.4, 0.5) is 0 Å². The summed E-state index contributed by atoms with van der Waals surface area (Å²) in [5.41, 5.74) is 8.34. The molecule has 1 aromatic heterocycles. The van der Waals surface area contributed by atoms with E-state index in [0.717, 1.165) is 26.4 Å². The van der Waals surface area contributed by atoms with E-state index in [4.69, 9.17) is 17.3 Å². The van der Waals surface area contributed by atoms with Gasteiger partial charge in [0, 0.05) is 27.3 Å². The van der Waals surface area contributed by atoms with E-state index >= 15 is 0 Å². The van der Waals surface area contributed by atoms with Crippen molar-refractivity contribution in [1.29, 1.82) is 0 Å². The number of halogens is 2. The second-order valence-corrected chi connectivity index (χ2v) is 5.91. The second kappa shape index (κ2) is 5.52. The van der Waals surface area contributed by atoms with Crippen molar-refractivity contribution in [3.8, 4) is 0 Å². The average molecular weight is 348 g/mol. The fraction of sp³-hybridized carbons (Fsp3) is 0.0625. The van der Waals surface area contributed by atoms with E-state index in [-0.39, 0.29) is 6.04 Å².